The molecule has 22 heavy (non-hydrogen) atoms. The maximum atomic E-state index is 5.83. The number of rotatable bonds is 6. The summed E-state index contributed by atoms with van der Waals surface area (Å²) in [6.45, 7) is 22.2. The molecule has 0 saturated carbocycles. The molecule has 0 aromatic carbocycles. The van der Waals surface area contributed by atoms with Crippen molar-refractivity contribution in [3.8, 4) is 0 Å². The zero-order valence-electron chi connectivity index (χ0n) is 15.8. The topological polar surface area (TPSA) is 15.7 Å². The van der Waals surface area contributed by atoms with Crippen LogP contribution in [0.3, 0.4) is 0 Å². The predicted octanol–water partition coefficient (Wildman–Crippen LogP) is 3.49. The van der Waals surface area contributed by atoms with Crippen molar-refractivity contribution in [1.29, 1.82) is 0 Å². The quantitative estimate of drug-likeness (QED) is 0.699. The fraction of sp³-hybridized carbons (Fsp3) is 1.00. The second-order valence-corrected chi connectivity index (χ2v) is 9.66. The van der Waals surface area contributed by atoms with E-state index in [2.05, 4.69) is 51.3 Å². The molecule has 2 fully saturated rings. The van der Waals surface area contributed by atoms with Crippen LogP contribution in [-0.2, 0) is 4.74 Å². The van der Waals surface area contributed by atoms with Gasteiger partial charge in [-0.3, -0.25) is 0 Å². The van der Waals surface area contributed by atoms with Gasteiger partial charge in [0.2, 0.25) is 0 Å². The summed E-state index contributed by atoms with van der Waals surface area (Å²) in [4.78, 5) is 5.38. The van der Waals surface area contributed by atoms with Gasteiger partial charge in [0.15, 0.2) is 0 Å². The monoisotopic (exact) mass is 310 g/mol. The van der Waals surface area contributed by atoms with Gasteiger partial charge in [0.25, 0.3) is 0 Å². The van der Waals surface area contributed by atoms with E-state index in [0.717, 1.165) is 18.4 Å². The SMILES string of the molecule is CC(C)(C)CCN1CC2CN(CCCOC(C)(C)C)CC2C1. The van der Waals surface area contributed by atoms with Crippen molar-refractivity contribution in [2.45, 2.75) is 60.0 Å². The standard InChI is InChI=1S/C19H38N2O/c1-18(2,3)8-10-21-14-16-12-20(13-17(16)15-21)9-7-11-22-19(4,5)6/h16-17H,7-15H2,1-6H3. The van der Waals surface area contributed by atoms with Crippen LogP contribution in [0.25, 0.3) is 0 Å². The summed E-state index contributed by atoms with van der Waals surface area (Å²) in [7, 11) is 0. The number of hydrogen-bond donors (Lipinski definition) is 0. The second kappa shape index (κ2) is 7.19. The molecule has 3 heteroatoms. The van der Waals surface area contributed by atoms with Crippen LogP contribution >= 0.6 is 0 Å². The molecule has 130 valence electrons. The van der Waals surface area contributed by atoms with Crippen LogP contribution in [0.5, 0.6) is 0 Å². The molecule has 0 bridgehead atoms. The minimum Gasteiger partial charge on any atom is -0.376 e. The van der Waals surface area contributed by atoms with E-state index in [-0.39, 0.29) is 5.60 Å². The Morgan fingerprint density at radius 1 is 0.818 bits per heavy atom. The fourth-order valence-electron chi connectivity index (χ4n) is 3.71. The fourth-order valence-corrected chi connectivity index (χ4v) is 3.71. The zero-order valence-corrected chi connectivity index (χ0v) is 15.8. The third-order valence-corrected chi connectivity index (χ3v) is 4.97. The van der Waals surface area contributed by atoms with E-state index in [1.807, 2.05) is 0 Å². The van der Waals surface area contributed by atoms with Crippen LogP contribution in [0.15, 0.2) is 0 Å². The number of hydrogen-bond acceptors (Lipinski definition) is 3. The average molecular weight is 311 g/mol. The highest BCUT2D eigenvalue weighted by Crippen LogP contribution is 2.32. The molecule has 2 saturated heterocycles. The van der Waals surface area contributed by atoms with Gasteiger partial charge in [-0.2, -0.15) is 0 Å². The Morgan fingerprint density at radius 3 is 1.77 bits per heavy atom. The van der Waals surface area contributed by atoms with Gasteiger partial charge in [0.1, 0.15) is 0 Å². The summed E-state index contributed by atoms with van der Waals surface area (Å²) < 4.78 is 5.83. The predicted molar refractivity (Wildman–Crippen MR) is 94.3 cm³/mol. The summed E-state index contributed by atoms with van der Waals surface area (Å²) >= 11 is 0. The van der Waals surface area contributed by atoms with Gasteiger partial charge in [0, 0.05) is 39.3 Å². The largest absolute Gasteiger partial charge is 0.376 e. The van der Waals surface area contributed by atoms with Crippen molar-refractivity contribution in [2.24, 2.45) is 17.3 Å². The molecule has 2 aliphatic heterocycles. The van der Waals surface area contributed by atoms with Crippen LogP contribution in [0.1, 0.15) is 54.4 Å². The minimum absolute atomic E-state index is 0.00900. The summed E-state index contributed by atoms with van der Waals surface area (Å²) in [5, 5.41) is 0. The molecule has 0 aliphatic carbocycles. The number of likely N-dealkylation sites (tertiary alicyclic amines) is 2. The molecule has 0 radical (unpaired) electrons. The molecular formula is C19H38N2O. The molecule has 2 heterocycles. The van der Waals surface area contributed by atoms with Crippen molar-refractivity contribution in [3.05, 3.63) is 0 Å². The lowest BCUT2D eigenvalue weighted by molar-refractivity contribution is -0.00657. The summed E-state index contributed by atoms with van der Waals surface area (Å²) in [6.07, 6.45) is 2.49. The highest BCUT2D eigenvalue weighted by Gasteiger charge is 2.39. The highest BCUT2D eigenvalue weighted by molar-refractivity contribution is 4.93. The number of fused-ring (bicyclic) bond motifs is 1. The van der Waals surface area contributed by atoms with E-state index < -0.39 is 0 Å². The normalized spacial score (nSPS) is 27.5. The lowest BCUT2D eigenvalue weighted by atomic mass is 9.92. The van der Waals surface area contributed by atoms with E-state index in [1.165, 1.54) is 52.1 Å². The second-order valence-electron chi connectivity index (χ2n) is 9.66. The van der Waals surface area contributed by atoms with Gasteiger partial charge in [-0.05, 0) is 57.4 Å². The lowest BCUT2D eigenvalue weighted by Crippen LogP contribution is -2.32. The smallest absolute Gasteiger partial charge is 0.0598 e. The Balaban J connectivity index is 1.61. The van der Waals surface area contributed by atoms with E-state index in [9.17, 15) is 0 Å². The van der Waals surface area contributed by atoms with Crippen LogP contribution in [0, 0.1) is 17.3 Å². The number of nitrogens with zero attached hydrogens (tertiary/aromatic N) is 2. The molecule has 3 nitrogen and oxygen atoms in total. The van der Waals surface area contributed by atoms with Gasteiger partial charge in [-0.1, -0.05) is 20.8 Å². The van der Waals surface area contributed by atoms with E-state index in [1.54, 1.807) is 0 Å². The Kier molecular flexibility index (Phi) is 5.95. The molecule has 0 aromatic heterocycles. The molecule has 0 spiro atoms. The summed E-state index contributed by atoms with van der Waals surface area (Å²) in [6, 6.07) is 0. The van der Waals surface area contributed by atoms with Gasteiger partial charge >= 0.3 is 0 Å². The number of ether oxygens (including phenoxy) is 1. The lowest BCUT2D eigenvalue weighted by Gasteiger charge is -2.25. The van der Waals surface area contributed by atoms with Crippen LogP contribution in [0.2, 0.25) is 0 Å². The van der Waals surface area contributed by atoms with E-state index in [4.69, 9.17) is 4.74 Å². The first-order chi connectivity index (χ1) is 10.1. The van der Waals surface area contributed by atoms with E-state index >= 15 is 0 Å². The first-order valence-electron chi connectivity index (χ1n) is 9.21. The van der Waals surface area contributed by atoms with Crippen molar-refractivity contribution in [3.63, 3.8) is 0 Å². The Hall–Kier alpha value is -0.120. The summed E-state index contributed by atoms with van der Waals surface area (Å²) in [5.41, 5.74) is 0.478. The summed E-state index contributed by atoms with van der Waals surface area (Å²) in [5.74, 6) is 1.84. The molecule has 0 N–H and O–H groups in total. The highest BCUT2D eigenvalue weighted by atomic mass is 16.5. The third kappa shape index (κ3) is 6.17. The van der Waals surface area contributed by atoms with Crippen molar-refractivity contribution in [2.75, 3.05) is 45.9 Å². The van der Waals surface area contributed by atoms with Gasteiger partial charge in [0.05, 0.1) is 5.60 Å². The maximum Gasteiger partial charge on any atom is 0.0598 e. The maximum absolute atomic E-state index is 5.83. The van der Waals surface area contributed by atoms with E-state index in [0.29, 0.717) is 5.41 Å². The Bertz CT molecular complexity index is 328. The molecule has 2 aliphatic rings. The Labute approximate surface area is 138 Å². The molecule has 2 atom stereocenters. The van der Waals surface area contributed by atoms with Gasteiger partial charge in [-0.25, -0.2) is 0 Å². The van der Waals surface area contributed by atoms with Crippen molar-refractivity contribution in [1.82, 2.24) is 9.80 Å². The average Bonchev–Trinajstić information content (AvgIpc) is 2.87. The van der Waals surface area contributed by atoms with Crippen LogP contribution in [0.4, 0.5) is 0 Å². The minimum atomic E-state index is 0.00900. The first-order valence-corrected chi connectivity index (χ1v) is 9.21. The van der Waals surface area contributed by atoms with Gasteiger partial charge in [-0.15, -0.1) is 0 Å². The molecular weight excluding hydrogens is 272 g/mol. The first kappa shape index (κ1) is 18.2. The van der Waals surface area contributed by atoms with Crippen LogP contribution in [-0.4, -0.2) is 61.3 Å². The van der Waals surface area contributed by atoms with Crippen molar-refractivity contribution >= 4 is 0 Å². The van der Waals surface area contributed by atoms with Crippen LogP contribution < -0.4 is 0 Å². The molecule has 2 unspecified atom stereocenters. The molecule has 2 rings (SSSR count). The third-order valence-electron chi connectivity index (χ3n) is 4.97. The molecule has 0 amide bonds. The molecule has 0 aromatic rings. The van der Waals surface area contributed by atoms with Crippen molar-refractivity contribution < 1.29 is 4.74 Å². The van der Waals surface area contributed by atoms with Gasteiger partial charge < -0.3 is 14.5 Å². The Morgan fingerprint density at radius 2 is 1.32 bits per heavy atom. The zero-order chi connectivity index (χ0) is 16.4.